The van der Waals surface area contributed by atoms with E-state index in [1.165, 1.54) is 48.4 Å². The van der Waals surface area contributed by atoms with Crippen molar-refractivity contribution in [2.75, 3.05) is 5.32 Å². The van der Waals surface area contributed by atoms with Gasteiger partial charge in [0.1, 0.15) is 11.2 Å². The van der Waals surface area contributed by atoms with Crippen molar-refractivity contribution in [3.05, 3.63) is 72.3 Å². The molecule has 0 radical (unpaired) electrons. The lowest BCUT2D eigenvalue weighted by atomic mass is 9.66. The molecule has 2 saturated carbocycles. The summed E-state index contributed by atoms with van der Waals surface area (Å²) in [6.07, 6.45) is 7.09. The Balaban J connectivity index is 1.25. The summed E-state index contributed by atoms with van der Waals surface area (Å²) in [6, 6.07) is 23.8. The molecule has 2 nitrogen and oxygen atoms in total. The van der Waals surface area contributed by atoms with Crippen molar-refractivity contribution in [3.8, 4) is 0 Å². The Hall–Kier alpha value is -2.74. The molecule has 0 spiro atoms. The van der Waals surface area contributed by atoms with E-state index in [0.717, 1.165) is 34.4 Å². The zero-order valence-corrected chi connectivity index (χ0v) is 16.9. The van der Waals surface area contributed by atoms with Gasteiger partial charge in [-0.2, -0.15) is 0 Å². The van der Waals surface area contributed by atoms with Crippen molar-refractivity contribution < 1.29 is 4.42 Å². The molecule has 4 aromatic rings. The number of anilines is 2. The van der Waals surface area contributed by atoms with Crippen LogP contribution in [0.1, 0.15) is 44.6 Å². The highest BCUT2D eigenvalue weighted by Crippen LogP contribution is 2.51. The maximum absolute atomic E-state index is 6.03. The summed E-state index contributed by atoms with van der Waals surface area (Å²) in [7, 11) is 0. The van der Waals surface area contributed by atoms with E-state index in [-0.39, 0.29) is 0 Å². The van der Waals surface area contributed by atoms with Gasteiger partial charge in [-0.1, -0.05) is 50.1 Å². The molecule has 0 aliphatic heterocycles. The molecule has 0 saturated heterocycles. The van der Waals surface area contributed by atoms with Crippen LogP contribution in [0.15, 0.2) is 71.1 Å². The van der Waals surface area contributed by atoms with Crippen LogP contribution in [0.3, 0.4) is 0 Å². The van der Waals surface area contributed by atoms with Crippen molar-refractivity contribution in [1.82, 2.24) is 0 Å². The monoisotopic (exact) mass is 381 g/mol. The highest BCUT2D eigenvalue weighted by Gasteiger charge is 2.41. The predicted octanol–water partition coefficient (Wildman–Crippen LogP) is 7.80. The summed E-state index contributed by atoms with van der Waals surface area (Å²) in [5, 5.41) is 5.90. The second kappa shape index (κ2) is 6.38. The number of para-hydroxylation sites is 1. The lowest BCUT2D eigenvalue weighted by Crippen LogP contribution is -2.30. The lowest BCUT2D eigenvalue weighted by Gasteiger charge is -2.38. The Bertz CT molecular complexity index is 1170. The van der Waals surface area contributed by atoms with Gasteiger partial charge in [-0.3, -0.25) is 0 Å². The first-order valence-corrected chi connectivity index (χ1v) is 11.0. The van der Waals surface area contributed by atoms with Crippen LogP contribution in [0.2, 0.25) is 0 Å². The molecule has 1 aromatic heterocycles. The Labute approximate surface area is 171 Å². The molecule has 2 fully saturated rings. The molecule has 2 heteroatoms. The topological polar surface area (TPSA) is 25.2 Å². The first-order chi connectivity index (χ1) is 14.2. The Morgan fingerprint density at radius 3 is 2.28 bits per heavy atom. The van der Waals surface area contributed by atoms with Crippen molar-refractivity contribution in [2.24, 2.45) is 11.8 Å². The third-order valence-corrected chi connectivity index (χ3v) is 7.38. The smallest absolute Gasteiger partial charge is 0.137 e. The van der Waals surface area contributed by atoms with Gasteiger partial charge in [0.15, 0.2) is 0 Å². The van der Waals surface area contributed by atoms with Gasteiger partial charge in [0.25, 0.3) is 0 Å². The average Bonchev–Trinajstić information content (AvgIpc) is 3.27. The van der Waals surface area contributed by atoms with E-state index in [2.05, 4.69) is 66.8 Å². The van der Waals surface area contributed by atoms with Gasteiger partial charge in [-0.25, -0.2) is 0 Å². The minimum Gasteiger partial charge on any atom is -0.456 e. The van der Waals surface area contributed by atoms with Crippen LogP contribution in [-0.4, -0.2) is 0 Å². The maximum Gasteiger partial charge on any atom is 0.137 e. The fourth-order valence-corrected chi connectivity index (χ4v) is 6.07. The zero-order valence-electron chi connectivity index (χ0n) is 16.9. The molecule has 2 aliphatic rings. The Morgan fingerprint density at radius 1 is 0.793 bits per heavy atom. The SMILES string of the molecule is CC1(c2ccc(Nc3ccc4c(c3)oc3ccccc34)cc2)C[C@@H]2CC[C@H](C2)C1. The average molecular weight is 382 g/mol. The highest BCUT2D eigenvalue weighted by atomic mass is 16.3. The molecule has 146 valence electrons. The van der Waals surface area contributed by atoms with E-state index in [0.29, 0.717) is 5.41 Å². The fraction of sp³-hybridized carbons (Fsp3) is 0.333. The van der Waals surface area contributed by atoms with Gasteiger partial charge in [0.2, 0.25) is 0 Å². The maximum atomic E-state index is 6.03. The Morgan fingerprint density at radius 2 is 1.48 bits per heavy atom. The zero-order chi connectivity index (χ0) is 19.4. The second-order valence-corrected chi connectivity index (χ2v) is 9.53. The highest BCUT2D eigenvalue weighted by molar-refractivity contribution is 6.05. The number of nitrogens with one attached hydrogen (secondary N) is 1. The summed E-state index contributed by atoms with van der Waals surface area (Å²) < 4.78 is 6.03. The van der Waals surface area contributed by atoms with Gasteiger partial charge in [0, 0.05) is 28.2 Å². The molecule has 0 unspecified atom stereocenters. The van der Waals surface area contributed by atoms with Gasteiger partial charge >= 0.3 is 0 Å². The van der Waals surface area contributed by atoms with Crippen LogP contribution < -0.4 is 5.32 Å². The van der Waals surface area contributed by atoms with Crippen molar-refractivity contribution >= 4 is 33.3 Å². The van der Waals surface area contributed by atoms with Crippen molar-refractivity contribution in [2.45, 2.75) is 44.4 Å². The molecule has 1 heterocycles. The van der Waals surface area contributed by atoms with E-state index in [9.17, 15) is 0 Å². The van der Waals surface area contributed by atoms with Crippen LogP contribution in [0, 0.1) is 11.8 Å². The first-order valence-electron chi connectivity index (χ1n) is 11.0. The number of hydrogen-bond acceptors (Lipinski definition) is 2. The minimum absolute atomic E-state index is 0.357. The molecule has 2 bridgehead atoms. The van der Waals surface area contributed by atoms with Crippen LogP contribution in [0.25, 0.3) is 21.9 Å². The summed E-state index contributed by atoms with van der Waals surface area (Å²) in [5.41, 5.74) is 5.93. The van der Waals surface area contributed by atoms with E-state index in [1.807, 2.05) is 12.1 Å². The number of furan rings is 1. The molecular weight excluding hydrogens is 354 g/mol. The summed E-state index contributed by atoms with van der Waals surface area (Å²) >= 11 is 0. The number of rotatable bonds is 3. The summed E-state index contributed by atoms with van der Waals surface area (Å²) in [4.78, 5) is 0. The number of fused-ring (bicyclic) bond motifs is 5. The molecule has 29 heavy (non-hydrogen) atoms. The van der Waals surface area contributed by atoms with E-state index >= 15 is 0 Å². The molecule has 0 amide bonds. The van der Waals surface area contributed by atoms with Crippen LogP contribution in [0.4, 0.5) is 11.4 Å². The van der Waals surface area contributed by atoms with E-state index in [1.54, 1.807) is 0 Å². The van der Waals surface area contributed by atoms with Gasteiger partial charge in [-0.05, 0) is 72.4 Å². The Kier molecular flexibility index (Phi) is 3.77. The molecular formula is C27H27NO. The number of benzene rings is 3. The van der Waals surface area contributed by atoms with Crippen LogP contribution in [-0.2, 0) is 5.41 Å². The van der Waals surface area contributed by atoms with E-state index in [4.69, 9.17) is 4.42 Å². The largest absolute Gasteiger partial charge is 0.456 e. The summed E-state index contributed by atoms with van der Waals surface area (Å²) in [5.74, 6) is 1.90. The van der Waals surface area contributed by atoms with Gasteiger partial charge in [0.05, 0.1) is 0 Å². The molecule has 1 N–H and O–H groups in total. The first kappa shape index (κ1) is 17.1. The van der Waals surface area contributed by atoms with Crippen molar-refractivity contribution in [1.29, 1.82) is 0 Å². The molecule has 6 rings (SSSR count). The van der Waals surface area contributed by atoms with Crippen molar-refractivity contribution in [3.63, 3.8) is 0 Å². The second-order valence-electron chi connectivity index (χ2n) is 9.53. The standard InChI is InChI=1S/C27H27NO/c1-27(16-18-6-7-19(14-18)17-27)20-8-10-21(11-9-20)28-22-12-13-24-23-4-2-3-5-25(23)29-26(24)15-22/h2-5,8-13,15,18-19,28H,6-7,14,16-17H2,1H3/t18-,19-/m1/s1. The third-order valence-electron chi connectivity index (χ3n) is 7.38. The molecule has 2 atom stereocenters. The van der Waals surface area contributed by atoms with Gasteiger partial charge in [-0.15, -0.1) is 0 Å². The van der Waals surface area contributed by atoms with Crippen LogP contribution >= 0.6 is 0 Å². The lowest BCUT2D eigenvalue weighted by molar-refractivity contribution is 0.232. The van der Waals surface area contributed by atoms with Crippen LogP contribution in [0.5, 0.6) is 0 Å². The van der Waals surface area contributed by atoms with E-state index < -0.39 is 0 Å². The number of hydrogen-bond donors (Lipinski definition) is 1. The third kappa shape index (κ3) is 2.93. The minimum atomic E-state index is 0.357. The quantitative estimate of drug-likeness (QED) is 0.392. The van der Waals surface area contributed by atoms with Gasteiger partial charge < -0.3 is 9.73 Å². The predicted molar refractivity (Wildman–Crippen MR) is 121 cm³/mol. The summed E-state index contributed by atoms with van der Waals surface area (Å²) in [6.45, 7) is 2.48. The molecule has 2 aliphatic carbocycles. The molecule has 3 aromatic carbocycles. The fourth-order valence-electron chi connectivity index (χ4n) is 6.07. The normalized spacial score (nSPS) is 26.2.